The van der Waals surface area contributed by atoms with Crippen LogP contribution in [-0.4, -0.2) is 34.5 Å². The van der Waals surface area contributed by atoms with Crippen LogP contribution in [0.2, 0.25) is 10.0 Å². The Kier molecular flexibility index (Phi) is 6.60. The lowest BCUT2D eigenvalue weighted by Gasteiger charge is -2.44. The van der Waals surface area contributed by atoms with E-state index in [0.717, 1.165) is 11.1 Å². The number of carbonyl (C=O) groups is 2. The molecule has 5 nitrogen and oxygen atoms in total. The van der Waals surface area contributed by atoms with Crippen LogP contribution < -0.4 is 0 Å². The van der Waals surface area contributed by atoms with E-state index < -0.39 is 24.2 Å². The lowest BCUT2D eigenvalue weighted by atomic mass is 9.91. The number of amides is 1. The molecule has 2 aromatic carbocycles. The summed E-state index contributed by atoms with van der Waals surface area (Å²) in [7, 11) is 0. The third-order valence-corrected chi connectivity index (χ3v) is 5.36. The second-order valence-electron chi connectivity index (χ2n) is 6.72. The maximum Gasteiger partial charge on any atom is 0.326 e. The second kappa shape index (κ2) is 8.95. The van der Waals surface area contributed by atoms with Crippen molar-refractivity contribution in [1.82, 2.24) is 4.90 Å². The van der Waals surface area contributed by atoms with Crippen LogP contribution in [0.15, 0.2) is 48.5 Å². The van der Waals surface area contributed by atoms with Crippen molar-refractivity contribution >= 4 is 35.1 Å². The first-order valence-corrected chi connectivity index (χ1v) is 9.84. The smallest absolute Gasteiger partial charge is 0.326 e. The molecular formula is C21H21Cl2NO4. The molecular weight excluding hydrogens is 401 g/mol. The van der Waals surface area contributed by atoms with Crippen LogP contribution in [0, 0.1) is 0 Å². The van der Waals surface area contributed by atoms with Crippen molar-refractivity contribution in [3.63, 3.8) is 0 Å². The van der Waals surface area contributed by atoms with Gasteiger partial charge in [0.2, 0.25) is 5.91 Å². The summed E-state index contributed by atoms with van der Waals surface area (Å²) in [6.07, 6.45) is 0.480. The summed E-state index contributed by atoms with van der Waals surface area (Å²) in [5.74, 6) is -1.36. The Morgan fingerprint density at radius 3 is 2.14 bits per heavy atom. The van der Waals surface area contributed by atoms with Gasteiger partial charge in [0.25, 0.3) is 0 Å². The van der Waals surface area contributed by atoms with E-state index in [1.165, 1.54) is 4.90 Å². The molecule has 28 heavy (non-hydrogen) atoms. The molecule has 0 unspecified atom stereocenters. The summed E-state index contributed by atoms with van der Waals surface area (Å²) in [6, 6.07) is 12.7. The Morgan fingerprint density at radius 2 is 1.64 bits per heavy atom. The zero-order chi connectivity index (χ0) is 20.3. The van der Waals surface area contributed by atoms with Gasteiger partial charge in [0.1, 0.15) is 18.8 Å². The van der Waals surface area contributed by atoms with Gasteiger partial charge in [-0.1, -0.05) is 60.8 Å². The molecule has 0 aliphatic carbocycles. The number of rotatable bonds is 6. The van der Waals surface area contributed by atoms with Crippen LogP contribution >= 0.6 is 23.2 Å². The number of carboxylic acid groups (broad SMARTS) is 1. The predicted molar refractivity (Wildman–Crippen MR) is 108 cm³/mol. The summed E-state index contributed by atoms with van der Waals surface area (Å²) in [4.78, 5) is 26.2. The standard InChI is InChI=1S/C21H21Cl2NO4/c1-2-3-17(21(26)27)24-18(25)12-28-20(14-6-10-16(23)11-7-14)19(24)13-4-8-15(22)9-5-13/h4-11,17,19-20H,2-3,12H2,1H3,(H,26,27)/t17-,19+,20-/m0/s1. The highest BCUT2D eigenvalue weighted by Gasteiger charge is 2.44. The number of ether oxygens (including phenoxy) is 1. The van der Waals surface area contributed by atoms with Gasteiger partial charge in [-0.15, -0.1) is 0 Å². The van der Waals surface area contributed by atoms with E-state index in [9.17, 15) is 14.7 Å². The number of halogens is 2. The molecule has 2 aromatic rings. The molecule has 7 heteroatoms. The summed E-state index contributed by atoms with van der Waals surface area (Å²) < 4.78 is 5.89. The third-order valence-electron chi connectivity index (χ3n) is 4.85. The van der Waals surface area contributed by atoms with Gasteiger partial charge in [-0.2, -0.15) is 0 Å². The highest BCUT2D eigenvalue weighted by Crippen LogP contribution is 2.42. The molecule has 1 aliphatic rings. The number of morpholine rings is 1. The lowest BCUT2D eigenvalue weighted by molar-refractivity contribution is -0.171. The van der Waals surface area contributed by atoms with Gasteiger partial charge in [0.15, 0.2) is 0 Å². The number of carboxylic acids is 1. The van der Waals surface area contributed by atoms with E-state index in [1.54, 1.807) is 36.4 Å². The van der Waals surface area contributed by atoms with E-state index in [4.69, 9.17) is 27.9 Å². The SMILES string of the molecule is CCC[C@@H](C(=O)O)N1C(=O)CO[C@@H](c2ccc(Cl)cc2)[C@H]1c1ccc(Cl)cc1. The molecule has 1 heterocycles. The van der Waals surface area contributed by atoms with Crippen molar-refractivity contribution < 1.29 is 19.4 Å². The first-order valence-electron chi connectivity index (χ1n) is 9.09. The second-order valence-corrected chi connectivity index (χ2v) is 7.60. The van der Waals surface area contributed by atoms with E-state index in [0.29, 0.717) is 22.9 Å². The quantitative estimate of drug-likeness (QED) is 0.720. The van der Waals surface area contributed by atoms with Gasteiger partial charge >= 0.3 is 5.97 Å². The van der Waals surface area contributed by atoms with Crippen LogP contribution in [0.25, 0.3) is 0 Å². The highest BCUT2D eigenvalue weighted by molar-refractivity contribution is 6.30. The number of carbonyl (C=O) groups excluding carboxylic acids is 1. The van der Waals surface area contributed by atoms with Gasteiger partial charge < -0.3 is 14.7 Å². The number of benzene rings is 2. The average molecular weight is 422 g/mol. The third kappa shape index (κ3) is 4.32. The monoisotopic (exact) mass is 421 g/mol. The van der Waals surface area contributed by atoms with Gasteiger partial charge in [0, 0.05) is 10.0 Å². The van der Waals surface area contributed by atoms with Crippen LogP contribution in [-0.2, 0) is 14.3 Å². The Morgan fingerprint density at radius 1 is 1.11 bits per heavy atom. The lowest BCUT2D eigenvalue weighted by Crippen LogP contribution is -2.53. The molecule has 148 valence electrons. The fraction of sp³-hybridized carbons (Fsp3) is 0.333. The van der Waals surface area contributed by atoms with Crippen molar-refractivity contribution in [2.24, 2.45) is 0 Å². The first kappa shape index (κ1) is 20.6. The van der Waals surface area contributed by atoms with Crippen molar-refractivity contribution in [3.05, 3.63) is 69.7 Å². The Labute approximate surface area is 173 Å². The van der Waals surface area contributed by atoms with Gasteiger partial charge in [-0.3, -0.25) is 4.79 Å². The predicted octanol–water partition coefficient (Wildman–Crippen LogP) is 4.89. The summed E-state index contributed by atoms with van der Waals surface area (Å²) in [5.41, 5.74) is 1.59. The first-order chi connectivity index (χ1) is 13.4. The van der Waals surface area contributed by atoms with Gasteiger partial charge in [-0.25, -0.2) is 4.79 Å². The zero-order valence-corrected chi connectivity index (χ0v) is 16.9. The molecule has 0 saturated carbocycles. The van der Waals surface area contributed by atoms with Crippen molar-refractivity contribution in [2.45, 2.75) is 38.0 Å². The van der Waals surface area contributed by atoms with E-state index >= 15 is 0 Å². The summed E-state index contributed by atoms with van der Waals surface area (Å²) in [6.45, 7) is 1.72. The minimum Gasteiger partial charge on any atom is -0.480 e. The Balaban J connectivity index is 2.11. The zero-order valence-electron chi connectivity index (χ0n) is 15.3. The molecule has 3 rings (SSSR count). The molecule has 1 amide bonds. The normalized spacial score (nSPS) is 20.8. The van der Waals surface area contributed by atoms with Crippen LogP contribution in [0.3, 0.4) is 0 Å². The largest absolute Gasteiger partial charge is 0.480 e. The number of hydrogen-bond acceptors (Lipinski definition) is 3. The molecule has 1 fully saturated rings. The number of hydrogen-bond donors (Lipinski definition) is 1. The van der Waals surface area contributed by atoms with Crippen LogP contribution in [0.4, 0.5) is 0 Å². The minimum absolute atomic E-state index is 0.176. The molecule has 0 spiro atoms. The average Bonchev–Trinajstić information content (AvgIpc) is 2.67. The molecule has 0 radical (unpaired) electrons. The number of aliphatic carboxylic acids is 1. The Hall–Kier alpha value is -2.08. The topological polar surface area (TPSA) is 66.8 Å². The van der Waals surface area contributed by atoms with Crippen LogP contribution in [0.5, 0.6) is 0 Å². The maximum absolute atomic E-state index is 12.8. The minimum atomic E-state index is -1.02. The fourth-order valence-corrected chi connectivity index (χ4v) is 3.83. The highest BCUT2D eigenvalue weighted by atomic mass is 35.5. The van der Waals surface area contributed by atoms with Gasteiger partial charge in [-0.05, 0) is 41.8 Å². The number of nitrogens with zero attached hydrogens (tertiary/aromatic N) is 1. The molecule has 0 bridgehead atoms. The van der Waals surface area contributed by atoms with E-state index in [2.05, 4.69) is 0 Å². The van der Waals surface area contributed by atoms with E-state index in [1.807, 2.05) is 19.1 Å². The molecule has 1 saturated heterocycles. The van der Waals surface area contributed by atoms with Crippen molar-refractivity contribution in [2.75, 3.05) is 6.61 Å². The molecule has 1 N–H and O–H groups in total. The maximum atomic E-state index is 12.8. The van der Waals surface area contributed by atoms with Crippen molar-refractivity contribution in [3.8, 4) is 0 Å². The fourth-order valence-electron chi connectivity index (χ4n) is 3.58. The van der Waals surface area contributed by atoms with Crippen LogP contribution in [0.1, 0.15) is 43.0 Å². The molecule has 1 aliphatic heterocycles. The summed E-state index contributed by atoms with van der Waals surface area (Å²) in [5, 5.41) is 11.0. The summed E-state index contributed by atoms with van der Waals surface area (Å²) >= 11 is 12.0. The van der Waals surface area contributed by atoms with Gasteiger partial charge in [0.05, 0.1) is 6.04 Å². The Bertz CT molecular complexity index is 838. The molecule has 0 aromatic heterocycles. The molecule has 3 atom stereocenters. The van der Waals surface area contributed by atoms with E-state index in [-0.39, 0.29) is 12.5 Å². The van der Waals surface area contributed by atoms with Crippen molar-refractivity contribution in [1.29, 1.82) is 0 Å².